The summed E-state index contributed by atoms with van der Waals surface area (Å²) in [6.45, 7) is 7.88. The summed E-state index contributed by atoms with van der Waals surface area (Å²) in [6.07, 6.45) is -0.324. The molecule has 1 aliphatic rings. The lowest BCUT2D eigenvalue weighted by atomic mass is 10.1. The molecule has 20 heavy (non-hydrogen) atoms. The average molecular weight is 286 g/mol. The monoisotopic (exact) mass is 286 g/mol. The van der Waals surface area contributed by atoms with Crippen LogP contribution >= 0.6 is 0 Å². The van der Waals surface area contributed by atoms with Crippen LogP contribution in [0.1, 0.15) is 20.8 Å². The highest BCUT2D eigenvalue weighted by molar-refractivity contribution is 5.77. The van der Waals surface area contributed by atoms with Gasteiger partial charge in [-0.2, -0.15) is 0 Å². The number of nitrogens with two attached hydrogens (primary N) is 1. The molecule has 1 fully saturated rings. The number of amides is 2. The molecular formula is C13H26N4O3. The summed E-state index contributed by atoms with van der Waals surface area (Å²) in [4.78, 5) is 27.1. The molecule has 1 heterocycles. The first-order chi connectivity index (χ1) is 9.26. The van der Waals surface area contributed by atoms with E-state index in [0.717, 1.165) is 0 Å². The number of carbonyl (C=O) groups excluding carboxylic acids is 2. The number of hydrogen-bond donors (Lipinski definition) is 2. The molecule has 7 heteroatoms. The number of rotatable bonds is 3. The van der Waals surface area contributed by atoms with Crippen LogP contribution in [0, 0.1) is 0 Å². The third-order valence-electron chi connectivity index (χ3n) is 3.15. The van der Waals surface area contributed by atoms with Gasteiger partial charge in [0.2, 0.25) is 5.91 Å². The Morgan fingerprint density at radius 1 is 1.35 bits per heavy atom. The van der Waals surface area contributed by atoms with Crippen LogP contribution in [0.5, 0.6) is 0 Å². The molecule has 0 aromatic rings. The maximum atomic E-state index is 12.0. The molecule has 0 aromatic heterocycles. The summed E-state index contributed by atoms with van der Waals surface area (Å²) < 4.78 is 5.36. The van der Waals surface area contributed by atoms with Crippen molar-refractivity contribution in [3.63, 3.8) is 0 Å². The van der Waals surface area contributed by atoms with E-state index < -0.39 is 5.60 Å². The Bertz CT molecular complexity index is 354. The van der Waals surface area contributed by atoms with Gasteiger partial charge in [-0.3, -0.25) is 9.69 Å². The fourth-order valence-corrected chi connectivity index (χ4v) is 2.08. The summed E-state index contributed by atoms with van der Waals surface area (Å²) >= 11 is 0. The largest absolute Gasteiger partial charge is 0.444 e. The van der Waals surface area contributed by atoms with E-state index in [1.165, 1.54) is 0 Å². The second kappa shape index (κ2) is 6.90. The Kier molecular flexibility index (Phi) is 5.76. The van der Waals surface area contributed by atoms with Crippen molar-refractivity contribution in [2.24, 2.45) is 5.73 Å². The number of likely N-dealkylation sites (N-methyl/N-ethyl adjacent to an activating group) is 1. The van der Waals surface area contributed by atoms with E-state index in [-0.39, 0.29) is 18.0 Å². The predicted molar refractivity (Wildman–Crippen MR) is 76.3 cm³/mol. The van der Waals surface area contributed by atoms with Gasteiger partial charge >= 0.3 is 6.09 Å². The van der Waals surface area contributed by atoms with Gasteiger partial charge < -0.3 is 20.7 Å². The summed E-state index contributed by atoms with van der Waals surface area (Å²) in [7, 11) is 1.61. The first-order valence-electron chi connectivity index (χ1n) is 6.89. The van der Waals surface area contributed by atoms with E-state index in [9.17, 15) is 9.59 Å². The SMILES string of the molecule is CNC(=O)CN1CCN(C(=O)OC(C)(C)C)CC1CN. The normalized spacial score (nSPS) is 20.6. The zero-order chi connectivity index (χ0) is 15.3. The van der Waals surface area contributed by atoms with E-state index in [4.69, 9.17) is 10.5 Å². The zero-order valence-electron chi connectivity index (χ0n) is 12.8. The van der Waals surface area contributed by atoms with E-state index in [0.29, 0.717) is 32.7 Å². The molecule has 1 unspecified atom stereocenters. The number of nitrogens with one attached hydrogen (secondary N) is 1. The molecule has 0 aliphatic carbocycles. The van der Waals surface area contributed by atoms with Crippen LogP contribution in [0.3, 0.4) is 0 Å². The minimum Gasteiger partial charge on any atom is -0.444 e. The fraction of sp³-hybridized carbons (Fsp3) is 0.846. The van der Waals surface area contributed by atoms with Crippen LogP contribution in [0.4, 0.5) is 4.79 Å². The molecular weight excluding hydrogens is 260 g/mol. The van der Waals surface area contributed by atoms with Crippen molar-refractivity contribution in [1.82, 2.24) is 15.1 Å². The second-order valence-electron chi connectivity index (χ2n) is 5.96. The number of piperazine rings is 1. The minimum absolute atomic E-state index is 0.0198. The molecule has 1 rings (SSSR count). The van der Waals surface area contributed by atoms with E-state index in [1.54, 1.807) is 11.9 Å². The highest BCUT2D eigenvalue weighted by Crippen LogP contribution is 2.14. The summed E-state index contributed by atoms with van der Waals surface area (Å²) in [5, 5.41) is 2.60. The lowest BCUT2D eigenvalue weighted by molar-refractivity contribution is -0.122. The van der Waals surface area contributed by atoms with Crippen molar-refractivity contribution >= 4 is 12.0 Å². The Hall–Kier alpha value is -1.34. The first-order valence-corrected chi connectivity index (χ1v) is 6.89. The van der Waals surface area contributed by atoms with Crippen molar-refractivity contribution in [3.8, 4) is 0 Å². The number of hydrogen-bond acceptors (Lipinski definition) is 5. The van der Waals surface area contributed by atoms with E-state index in [1.807, 2.05) is 25.7 Å². The van der Waals surface area contributed by atoms with Crippen LogP contribution in [0.2, 0.25) is 0 Å². The quantitative estimate of drug-likeness (QED) is 0.738. The van der Waals surface area contributed by atoms with Gasteiger partial charge in [0.15, 0.2) is 0 Å². The summed E-state index contributed by atoms with van der Waals surface area (Å²) in [5.41, 5.74) is 5.24. The van der Waals surface area contributed by atoms with Crippen LogP contribution in [0.15, 0.2) is 0 Å². The van der Waals surface area contributed by atoms with Crippen molar-refractivity contribution in [3.05, 3.63) is 0 Å². The van der Waals surface area contributed by atoms with Gasteiger partial charge in [-0.05, 0) is 20.8 Å². The Morgan fingerprint density at radius 3 is 2.50 bits per heavy atom. The standard InChI is InChI=1S/C13H26N4O3/c1-13(2,3)20-12(19)17-6-5-16(9-11(18)15-4)10(7-14)8-17/h10H,5-9,14H2,1-4H3,(H,15,18). The van der Waals surface area contributed by atoms with Crippen molar-refractivity contribution in [2.75, 3.05) is 39.8 Å². The second-order valence-corrected chi connectivity index (χ2v) is 5.96. The first kappa shape index (κ1) is 16.7. The molecule has 7 nitrogen and oxygen atoms in total. The third-order valence-corrected chi connectivity index (χ3v) is 3.15. The molecule has 1 aliphatic heterocycles. The van der Waals surface area contributed by atoms with Crippen LogP contribution < -0.4 is 11.1 Å². The Morgan fingerprint density at radius 2 is 2.00 bits per heavy atom. The lowest BCUT2D eigenvalue weighted by Crippen LogP contribution is -2.59. The van der Waals surface area contributed by atoms with E-state index >= 15 is 0 Å². The van der Waals surface area contributed by atoms with Gasteiger partial charge in [0.1, 0.15) is 5.60 Å². The lowest BCUT2D eigenvalue weighted by Gasteiger charge is -2.40. The topological polar surface area (TPSA) is 87.9 Å². The molecule has 0 saturated carbocycles. The third kappa shape index (κ3) is 4.97. The molecule has 0 aromatic carbocycles. The Labute approximate surface area is 120 Å². The highest BCUT2D eigenvalue weighted by Gasteiger charge is 2.31. The fourth-order valence-electron chi connectivity index (χ4n) is 2.08. The van der Waals surface area contributed by atoms with Gasteiger partial charge in [0.25, 0.3) is 0 Å². The van der Waals surface area contributed by atoms with Crippen molar-refractivity contribution in [2.45, 2.75) is 32.4 Å². The molecule has 0 radical (unpaired) electrons. The van der Waals surface area contributed by atoms with Crippen molar-refractivity contribution < 1.29 is 14.3 Å². The molecule has 116 valence electrons. The number of nitrogens with zero attached hydrogens (tertiary/aromatic N) is 2. The van der Waals surface area contributed by atoms with Crippen molar-refractivity contribution in [1.29, 1.82) is 0 Å². The smallest absolute Gasteiger partial charge is 0.410 e. The highest BCUT2D eigenvalue weighted by atomic mass is 16.6. The Balaban J connectivity index is 2.58. The van der Waals surface area contributed by atoms with Gasteiger partial charge in [-0.1, -0.05) is 0 Å². The zero-order valence-corrected chi connectivity index (χ0v) is 12.8. The number of ether oxygens (including phenoxy) is 1. The van der Waals surface area contributed by atoms with Gasteiger partial charge in [0.05, 0.1) is 6.54 Å². The van der Waals surface area contributed by atoms with Gasteiger partial charge in [-0.25, -0.2) is 4.79 Å². The van der Waals surface area contributed by atoms with Crippen LogP contribution in [0.25, 0.3) is 0 Å². The van der Waals surface area contributed by atoms with E-state index in [2.05, 4.69) is 5.32 Å². The van der Waals surface area contributed by atoms with Crippen LogP contribution in [-0.2, 0) is 9.53 Å². The van der Waals surface area contributed by atoms with Crippen LogP contribution in [-0.4, -0.2) is 73.2 Å². The predicted octanol–water partition coefficient (Wildman–Crippen LogP) is -0.388. The summed E-state index contributed by atoms with van der Waals surface area (Å²) in [5.74, 6) is -0.0471. The molecule has 0 spiro atoms. The summed E-state index contributed by atoms with van der Waals surface area (Å²) in [6, 6.07) is -0.0198. The number of carbonyl (C=O) groups is 2. The molecule has 1 atom stereocenters. The minimum atomic E-state index is -0.505. The molecule has 0 bridgehead atoms. The maximum Gasteiger partial charge on any atom is 0.410 e. The van der Waals surface area contributed by atoms with Gasteiger partial charge in [0, 0.05) is 39.3 Å². The average Bonchev–Trinajstić information content (AvgIpc) is 2.36. The maximum absolute atomic E-state index is 12.0. The molecule has 1 saturated heterocycles. The molecule has 3 N–H and O–H groups in total. The van der Waals surface area contributed by atoms with Gasteiger partial charge in [-0.15, -0.1) is 0 Å². The molecule has 2 amide bonds.